The quantitative estimate of drug-likeness (QED) is 0.803. The van der Waals surface area contributed by atoms with Crippen LogP contribution in [0.4, 0.5) is 5.69 Å². The number of primary amides is 1. The van der Waals surface area contributed by atoms with Gasteiger partial charge in [-0.2, -0.15) is 5.10 Å². The first-order chi connectivity index (χ1) is 9.04. The minimum Gasteiger partial charge on any atom is -0.368 e. The van der Waals surface area contributed by atoms with Crippen molar-refractivity contribution >= 4 is 29.1 Å². The first-order valence-corrected chi connectivity index (χ1v) is 5.66. The molecule has 0 aliphatic heterocycles. The van der Waals surface area contributed by atoms with Gasteiger partial charge in [-0.25, -0.2) is 4.98 Å². The monoisotopic (exact) mass is 279 g/mol. The van der Waals surface area contributed by atoms with Crippen molar-refractivity contribution in [1.29, 1.82) is 0 Å². The number of amides is 2. The second kappa shape index (κ2) is 5.49. The van der Waals surface area contributed by atoms with Crippen LogP contribution in [0.5, 0.6) is 0 Å². The molecular weight excluding hydrogens is 270 g/mol. The van der Waals surface area contributed by atoms with Crippen molar-refractivity contribution < 1.29 is 9.59 Å². The Labute approximate surface area is 113 Å². The van der Waals surface area contributed by atoms with E-state index in [1.807, 2.05) is 0 Å². The molecule has 0 aliphatic rings. The van der Waals surface area contributed by atoms with E-state index >= 15 is 0 Å². The van der Waals surface area contributed by atoms with Gasteiger partial charge in [0.25, 0.3) is 5.91 Å². The van der Waals surface area contributed by atoms with Gasteiger partial charge in [0, 0.05) is 18.0 Å². The third-order valence-electron chi connectivity index (χ3n) is 2.20. The summed E-state index contributed by atoms with van der Waals surface area (Å²) in [5.74, 6) is -0.857. The third kappa shape index (κ3) is 3.52. The molecule has 0 aromatic carbocycles. The van der Waals surface area contributed by atoms with Crippen LogP contribution in [0.2, 0.25) is 5.15 Å². The number of nitrogens with zero attached hydrogens (tertiary/aromatic N) is 3. The number of nitrogens with two attached hydrogens (primary N) is 1. The molecule has 7 nitrogen and oxygen atoms in total. The number of carbonyl (C=O) groups is 2. The Kier molecular flexibility index (Phi) is 3.76. The standard InChI is InChI=1S/C11H10ClN5O2/c12-9-3-7(1-2-14-9)11(19)16-8-4-15-17(5-8)6-10(13)18/h1-5H,6H2,(H2,13,18)(H,16,19). The Morgan fingerprint density at radius 3 is 2.95 bits per heavy atom. The summed E-state index contributed by atoms with van der Waals surface area (Å²) in [4.78, 5) is 26.4. The second-order valence-electron chi connectivity index (χ2n) is 3.71. The smallest absolute Gasteiger partial charge is 0.255 e. The fourth-order valence-corrected chi connectivity index (χ4v) is 1.60. The molecule has 19 heavy (non-hydrogen) atoms. The van der Waals surface area contributed by atoms with Crippen molar-refractivity contribution in [2.75, 3.05) is 5.32 Å². The van der Waals surface area contributed by atoms with Crippen molar-refractivity contribution in [3.05, 3.63) is 41.4 Å². The Balaban J connectivity index is 2.06. The van der Waals surface area contributed by atoms with Gasteiger partial charge in [-0.05, 0) is 12.1 Å². The Bertz CT molecular complexity index is 625. The van der Waals surface area contributed by atoms with Crippen LogP contribution in [0, 0.1) is 0 Å². The molecular formula is C11H10ClN5O2. The highest BCUT2D eigenvalue weighted by atomic mass is 35.5. The molecule has 2 amide bonds. The van der Waals surface area contributed by atoms with Gasteiger partial charge in [0.05, 0.1) is 11.9 Å². The van der Waals surface area contributed by atoms with Crippen molar-refractivity contribution in [2.24, 2.45) is 5.73 Å². The molecule has 0 unspecified atom stereocenters. The van der Waals surface area contributed by atoms with E-state index in [9.17, 15) is 9.59 Å². The lowest BCUT2D eigenvalue weighted by molar-refractivity contribution is -0.118. The van der Waals surface area contributed by atoms with Crippen LogP contribution in [-0.4, -0.2) is 26.6 Å². The lowest BCUT2D eigenvalue weighted by Gasteiger charge is -2.02. The zero-order valence-corrected chi connectivity index (χ0v) is 10.5. The second-order valence-corrected chi connectivity index (χ2v) is 4.10. The van der Waals surface area contributed by atoms with E-state index in [1.54, 1.807) is 0 Å². The van der Waals surface area contributed by atoms with Crippen LogP contribution in [0.15, 0.2) is 30.7 Å². The lowest BCUT2D eigenvalue weighted by atomic mass is 10.2. The number of halogens is 1. The number of carbonyl (C=O) groups excluding carboxylic acids is 2. The number of pyridine rings is 1. The van der Waals surface area contributed by atoms with Gasteiger partial charge in [0.2, 0.25) is 5.91 Å². The molecule has 0 bridgehead atoms. The molecule has 0 atom stereocenters. The lowest BCUT2D eigenvalue weighted by Crippen LogP contribution is -2.18. The zero-order valence-electron chi connectivity index (χ0n) is 9.71. The number of aromatic nitrogens is 3. The van der Waals surface area contributed by atoms with Crippen LogP contribution < -0.4 is 11.1 Å². The number of rotatable bonds is 4. The number of nitrogens with one attached hydrogen (secondary N) is 1. The predicted octanol–water partition coefficient (Wildman–Crippen LogP) is 0.669. The van der Waals surface area contributed by atoms with Gasteiger partial charge < -0.3 is 11.1 Å². The number of hydrogen-bond donors (Lipinski definition) is 2. The van der Waals surface area contributed by atoms with Crippen LogP contribution in [0.25, 0.3) is 0 Å². The van der Waals surface area contributed by atoms with Gasteiger partial charge in [0.15, 0.2) is 0 Å². The largest absolute Gasteiger partial charge is 0.368 e. The summed E-state index contributed by atoms with van der Waals surface area (Å²) in [7, 11) is 0. The highest BCUT2D eigenvalue weighted by molar-refractivity contribution is 6.29. The first-order valence-electron chi connectivity index (χ1n) is 5.28. The van der Waals surface area contributed by atoms with Gasteiger partial charge >= 0.3 is 0 Å². The molecule has 3 N–H and O–H groups in total. The van der Waals surface area contributed by atoms with Crippen molar-refractivity contribution in [2.45, 2.75) is 6.54 Å². The van der Waals surface area contributed by atoms with E-state index in [4.69, 9.17) is 17.3 Å². The van der Waals surface area contributed by atoms with Gasteiger partial charge in [-0.15, -0.1) is 0 Å². The average Bonchev–Trinajstić information content (AvgIpc) is 2.75. The first kappa shape index (κ1) is 13.0. The molecule has 0 aliphatic carbocycles. The maximum absolute atomic E-state index is 11.9. The van der Waals surface area contributed by atoms with Crippen LogP contribution in [0.3, 0.4) is 0 Å². The van der Waals surface area contributed by atoms with E-state index < -0.39 is 5.91 Å². The van der Waals surface area contributed by atoms with E-state index in [2.05, 4.69) is 15.4 Å². The molecule has 0 saturated heterocycles. The van der Waals surface area contributed by atoms with Crippen LogP contribution in [-0.2, 0) is 11.3 Å². The summed E-state index contributed by atoms with van der Waals surface area (Å²) >= 11 is 5.69. The van der Waals surface area contributed by atoms with E-state index in [-0.39, 0.29) is 17.6 Å². The van der Waals surface area contributed by atoms with Crippen molar-refractivity contribution in [3.8, 4) is 0 Å². The molecule has 0 spiro atoms. The molecule has 0 radical (unpaired) electrons. The molecule has 0 fully saturated rings. The molecule has 0 saturated carbocycles. The minimum absolute atomic E-state index is 0.0447. The summed E-state index contributed by atoms with van der Waals surface area (Å²) in [5, 5.41) is 6.73. The molecule has 2 aromatic heterocycles. The Morgan fingerprint density at radius 1 is 1.47 bits per heavy atom. The van der Waals surface area contributed by atoms with E-state index in [0.29, 0.717) is 11.3 Å². The average molecular weight is 280 g/mol. The predicted molar refractivity (Wildman–Crippen MR) is 68.6 cm³/mol. The molecule has 2 rings (SSSR count). The highest BCUT2D eigenvalue weighted by Crippen LogP contribution is 2.11. The number of anilines is 1. The van der Waals surface area contributed by atoms with E-state index in [0.717, 1.165) is 0 Å². The molecule has 2 heterocycles. The fourth-order valence-electron chi connectivity index (χ4n) is 1.42. The normalized spacial score (nSPS) is 10.2. The summed E-state index contributed by atoms with van der Waals surface area (Å²) in [5.41, 5.74) is 5.87. The Morgan fingerprint density at radius 2 is 2.26 bits per heavy atom. The minimum atomic E-state index is -0.512. The third-order valence-corrected chi connectivity index (χ3v) is 2.40. The van der Waals surface area contributed by atoms with Crippen LogP contribution >= 0.6 is 11.6 Å². The van der Waals surface area contributed by atoms with Gasteiger partial charge in [0.1, 0.15) is 11.7 Å². The zero-order chi connectivity index (χ0) is 13.8. The van der Waals surface area contributed by atoms with Crippen LogP contribution in [0.1, 0.15) is 10.4 Å². The van der Waals surface area contributed by atoms with Crippen molar-refractivity contribution in [3.63, 3.8) is 0 Å². The summed E-state index contributed by atoms with van der Waals surface area (Å²) in [6.07, 6.45) is 4.36. The number of hydrogen-bond acceptors (Lipinski definition) is 4. The molecule has 8 heteroatoms. The summed E-state index contributed by atoms with van der Waals surface area (Å²) in [6, 6.07) is 2.99. The van der Waals surface area contributed by atoms with Gasteiger partial charge in [-0.3, -0.25) is 14.3 Å². The SMILES string of the molecule is NC(=O)Cn1cc(NC(=O)c2ccnc(Cl)c2)cn1. The Hall–Kier alpha value is -2.41. The summed E-state index contributed by atoms with van der Waals surface area (Å²) in [6.45, 7) is -0.0447. The molecule has 98 valence electrons. The summed E-state index contributed by atoms with van der Waals surface area (Å²) < 4.78 is 1.33. The van der Waals surface area contributed by atoms with Crippen molar-refractivity contribution in [1.82, 2.24) is 14.8 Å². The maximum atomic E-state index is 11.9. The fraction of sp³-hybridized carbons (Fsp3) is 0.0909. The molecule has 2 aromatic rings. The maximum Gasteiger partial charge on any atom is 0.255 e. The van der Waals surface area contributed by atoms with E-state index in [1.165, 1.54) is 35.4 Å². The van der Waals surface area contributed by atoms with Gasteiger partial charge in [-0.1, -0.05) is 11.6 Å². The highest BCUT2D eigenvalue weighted by Gasteiger charge is 2.08. The topological polar surface area (TPSA) is 103 Å².